The summed E-state index contributed by atoms with van der Waals surface area (Å²) in [5.41, 5.74) is 4.54. The Hall–Kier alpha value is -1.23. The number of phenolic OH excluding ortho intramolecular Hbond substituents is 1. The van der Waals surface area contributed by atoms with Gasteiger partial charge in [0, 0.05) is 0 Å². The first-order valence-corrected chi connectivity index (χ1v) is 3.98. The van der Waals surface area contributed by atoms with E-state index in [2.05, 4.69) is 0 Å². The van der Waals surface area contributed by atoms with Crippen LogP contribution < -0.4 is 5.73 Å². The molecule has 2 nitrogen and oxygen atoms in total. The average Bonchev–Trinajstić information content (AvgIpc) is 2.18. The van der Waals surface area contributed by atoms with E-state index in [1.165, 1.54) is 0 Å². The maximum atomic E-state index is 13.1. The molecule has 0 spiro atoms. The SMILES string of the molecule is NCC(F)(F)C(F)c1ccc(O)cc1. The second-order valence-corrected chi connectivity index (χ2v) is 2.92. The first kappa shape index (κ1) is 10.8. The van der Waals surface area contributed by atoms with Crippen molar-refractivity contribution in [1.82, 2.24) is 0 Å². The zero-order chi connectivity index (χ0) is 10.8. The molecule has 0 saturated carbocycles. The van der Waals surface area contributed by atoms with Crippen LogP contribution in [0.5, 0.6) is 5.75 Å². The predicted octanol–water partition coefficient (Wildman–Crippen LogP) is 2.00. The third-order valence-electron chi connectivity index (χ3n) is 1.83. The number of alkyl halides is 3. The van der Waals surface area contributed by atoms with E-state index >= 15 is 0 Å². The highest BCUT2D eigenvalue weighted by Gasteiger charge is 2.39. The van der Waals surface area contributed by atoms with E-state index in [9.17, 15) is 13.2 Å². The molecule has 1 aromatic carbocycles. The highest BCUT2D eigenvalue weighted by atomic mass is 19.3. The number of rotatable bonds is 3. The molecule has 0 fully saturated rings. The van der Waals surface area contributed by atoms with E-state index in [1.807, 2.05) is 0 Å². The lowest BCUT2D eigenvalue weighted by atomic mass is 10.1. The number of benzene rings is 1. The van der Waals surface area contributed by atoms with Gasteiger partial charge in [0.25, 0.3) is 5.92 Å². The Morgan fingerprint density at radius 2 is 1.79 bits per heavy atom. The van der Waals surface area contributed by atoms with Gasteiger partial charge in [-0.15, -0.1) is 0 Å². The smallest absolute Gasteiger partial charge is 0.294 e. The van der Waals surface area contributed by atoms with Gasteiger partial charge in [-0.25, -0.2) is 13.2 Å². The Morgan fingerprint density at radius 3 is 2.21 bits per heavy atom. The Balaban J connectivity index is 2.89. The first-order chi connectivity index (χ1) is 6.47. The predicted molar refractivity (Wildman–Crippen MR) is 46.0 cm³/mol. The summed E-state index contributed by atoms with van der Waals surface area (Å²) in [4.78, 5) is 0. The van der Waals surface area contributed by atoms with Crippen LogP contribution >= 0.6 is 0 Å². The molecule has 5 heteroatoms. The monoisotopic (exact) mass is 205 g/mol. The van der Waals surface area contributed by atoms with Gasteiger partial charge in [0.05, 0.1) is 6.54 Å². The fourth-order valence-electron chi connectivity index (χ4n) is 0.991. The van der Waals surface area contributed by atoms with Crippen molar-refractivity contribution in [2.45, 2.75) is 12.1 Å². The van der Waals surface area contributed by atoms with Gasteiger partial charge in [-0.05, 0) is 17.7 Å². The summed E-state index contributed by atoms with van der Waals surface area (Å²) in [5, 5.41) is 8.86. The molecule has 0 radical (unpaired) electrons. The fraction of sp³-hybridized carbons (Fsp3) is 0.333. The van der Waals surface area contributed by atoms with E-state index in [0.717, 1.165) is 24.3 Å². The van der Waals surface area contributed by atoms with Crippen LogP contribution in [0.15, 0.2) is 24.3 Å². The number of aromatic hydroxyl groups is 1. The van der Waals surface area contributed by atoms with Crippen LogP contribution in [0.2, 0.25) is 0 Å². The summed E-state index contributed by atoms with van der Waals surface area (Å²) >= 11 is 0. The maximum Gasteiger partial charge on any atom is 0.294 e. The van der Waals surface area contributed by atoms with Crippen molar-refractivity contribution in [3.05, 3.63) is 29.8 Å². The van der Waals surface area contributed by atoms with Crippen molar-refractivity contribution in [2.75, 3.05) is 6.54 Å². The molecule has 1 rings (SSSR count). The minimum Gasteiger partial charge on any atom is -0.508 e. The van der Waals surface area contributed by atoms with Gasteiger partial charge in [-0.1, -0.05) is 12.1 Å². The normalized spacial score (nSPS) is 14.0. The summed E-state index contributed by atoms with van der Waals surface area (Å²) in [7, 11) is 0. The van der Waals surface area contributed by atoms with E-state index in [0.29, 0.717) is 0 Å². The molecule has 0 bridgehead atoms. The molecule has 1 aromatic rings. The summed E-state index contributed by atoms with van der Waals surface area (Å²) in [6.45, 7) is -1.05. The number of hydrogen-bond acceptors (Lipinski definition) is 2. The Labute approximate surface area is 79.2 Å². The summed E-state index contributed by atoms with van der Waals surface area (Å²) in [6.07, 6.45) is -2.44. The van der Waals surface area contributed by atoms with Gasteiger partial charge in [0.2, 0.25) is 0 Å². The van der Waals surface area contributed by atoms with Crippen molar-refractivity contribution >= 4 is 0 Å². The fourth-order valence-corrected chi connectivity index (χ4v) is 0.991. The van der Waals surface area contributed by atoms with Gasteiger partial charge in [-0.2, -0.15) is 0 Å². The maximum absolute atomic E-state index is 13.1. The minimum absolute atomic E-state index is 0.1000. The van der Waals surface area contributed by atoms with E-state index < -0.39 is 18.6 Å². The molecule has 0 aromatic heterocycles. The molecular weight excluding hydrogens is 195 g/mol. The van der Waals surface area contributed by atoms with E-state index in [-0.39, 0.29) is 11.3 Å². The lowest BCUT2D eigenvalue weighted by molar-refractivity contribution is -0.0651. The third-order valence-corrected chi connectivity index (χ3v) is 1.83. The highest BCUT2D eigenvalue weighted by Crippen LogP contribution is 2.34. The standard InChI is InChI=1S/C9H10F3NO/c10-8(9(11,12)5-13)6-1-3-7(14)4-2-6/h1-4,8,14H,5,13H2. The zero-order valence-electron chi connectivity index (χ0n) is 7.25. The minimum atomic E-state index is -3.57. The van der Waals surface area contributed by atoms with Crippen LogP contribution in [-0.4, -0.2) is 17.6 Å². The zero-order valence-corrected chi connectivity index (χ0v) is 7.25. The number of hydrogen-bond donors (Lipinski definition) is 2. The van der Waals surface area contributed by atoms with Crippen molar-refractivity contribution in [2.24, 2.45) is 5.73 Å². The van der Waals surface area contributed by atoms with Crippen molar-refractivity contribution in [3.63, 3.8) is 0 Å². The molecule has 0 saturated heterocycles. The van der Waals surface area contributed by atoms with Gasteiger partial charge in [-0.3, -0.25) is 0 Å². The van der Waals surface area contributed by atoms with Gasteiger partial charge < -0.3 is 10.8 Å². The highest BCUT2D eigenvalue weighted by molar-refractivity contribution is 5.28. The topological polar surface area (TPSA) is 46.2 Å². The lowest BCUT2D eigenvalue weighted by Gasteiger charge is -2.18. The van der Waals surface area contributed by atoms with Crippen molar-refractivity contribution < 1.29 is 18.3 Å². The quantitative estimate of drug-likeness (QED) is 0.792. The van der Waals surface area contributed by atoms with Gasteiger partial charge >= 0.3 is 0 Å². The molecule has 3 N–H and O–H groups in total. The largest absolute Gasteiger partial charge is 0.508 e. The van der Waals surface area contributed by atoms with Crippen LogP contribution in [0.4, 0.5) is 13.2 Å². The van der Waals surface area contributed by atoms with Crippen LogP contribution in [-0.2, 0) is 0 Å². The molecule has 0 heterocycles. The number of nitrogens with two attached hydrogens (primary N) is 1. The van der Waals surface area contributed by atoms with Gasteiger partial charge in [0.15, 0.2) is 6.17 Å². The molecule has 14 heavy (non-hydrogen) atoms. The second-order valence-electron chi connectivity index (χ2n) is 2.92. The van der Waals surface area contributed by atoms with Crippen molar-refractivity contribution in [3.8, 4) is 5.75 Å². The average molecular weight is 205 g/mol. The first-order valence-electron chi connectivity index (χ1n) is 3.98. The number of halogens is 3. The Morgan fingerprint density at radius 1 is 1.29 bits per heavy atom. The molecule has 0 aliphatic carbocycles. The van der Waals surface area contributed by atoms with Gasteiger partial charge in [0.1, 0.15) is 5.75 Å². The molecular formula is C9H10F3NO. The summed E-state index contributed by atoms with van der Waals surface area (Å²) in [5.74, 6) is -3.67. The van der Waals surface area contributed by atoms with Crippen LogP contribution in [0, 0.1) is 0 Å². The van der Waals surface area contributed by atoms with Crippen LogP contribution in [0.25, 0.3) is 0 Å². The Bertz CT molecular complexity index is 299. The third kappa shape index (κ3) is 2.17. The molecule has 1 unspecified atom stereocenters. The van der Waals surface area contributed by atoms with Crippen LogP contribution in [0.1, 0.15) is 11.7 Å². The van der Waals surface area contributed by atoms with E-state index in [4.69, 9.17) is 10.8 Å². The van der Waals surface area contributed by atoms with Crippen LogP contribution in [0.3, 0.4) is 0 Å². The lowest BCUT2D eigenvalue weighted by Crippen LogP contribution is -2.32. The molecule has 0 aliphatic heterocycles. The van der Waals surface area contributed by atoms with E-state index in [1.54, 1.807) is 0 Å². The molecule has 0 amide bonds. The molecule has 0 aliphatic rings. The molecule has 1 atom stereocenters. The Kier molecular flexibility index (Phi) is 3.00. The summed E-state index contributed by atoms with van der Waals surface area (Å²) < 4.78 is 38.7. The van der Waals surface area contributed by atoms with Crippen molar-refractivity contribution in [1.29, 1.82) is 0 Å². The number of phenols is 1. The summed E-state index contributed by atoms with van der Waals surface area (Å²) in [6, 6.07) is 4.50. The second kappa shape index (κ2) is 3.88. The molecule has 78 valence electrons.